The molecule has 1 aromatic heterocycles. The number of nitrogens with zero attached hydrogens (tertiary/aromatic N) is 3. The second-order valence-electron chi connectivity index (χ2n) is 5.17. The molecule has 1 amide bonds. The van der Waals surface area contributed by atoms with Crippen molar-refractivity contribution >= 4 is 35.8 Å². The summed E-state index contributed by atoms with van der Waals surface area (Å²) in [4.78, 5) is 17.5. The van der Waals surface area contributed by atoms with Crippen LogP contribution >= 0.6 is 24.0 Å². The van der Waals surface area contributed by atoms with Gasteiger partial charge in [0.25, 0.3) is 5.91 Å². The predicted molar refractivity (Wildman–Crippen MR) is 103 cm³/mol. The molecule has 130 valence electrons. The van der Waals surface area contributed by atoms with Crippen LogP contribution in [0, 0.1) is 0 Å². The smallest absolute Gasteiger partial charge is 0.253 e. The lowest BCUT2D eigenvalue weighted by molar-refractivity contribution is 0.0827. The fraction of sp³-hybridized carbons (Fsp3) is 0.312. The zero-order chi connectivity index (χ0) is 16.7. The van der Waals surface area contributed by atoms with Crippen molar-refractivity contribution in [2.75, 3.05) is 21.1 Å². The first-order valence-corrected chi connectivity index (χ1v) is 7.24. The second kappa shape index (κ2) is 9.91. The van der Waals surface area contributed by atoms with Crippen molar-refractivity contribution in [1.82, 2.24) is 20.7 Å². The summed E-state index contributed by atoms with van der Waals surface area (Å²) < 4.78 is 4.78. The minimum atomic E-state index is -0.00500. The minimum absolute atomic E-state index is 0. The zero-order valence-electron chi connectivity index (χ0n) is 13.9. The number of benzene rings is 1. The molecule has 2 N–H and O–H groups in total. The third-order valence-electron chi connectivity index (χ3n) is 3.22. The molecule has 0 radical (unpaired) electrons. The average Bonchev–Trinajstić information content (AvgIpc) is 3.08. The van der Waals surface area contributed by atoms with Gasteiger partial charge in [0.05, 0.1) is 6.54 Å². The quantitative estimate of drug-likeness (QED) is 0.419. The number of aliphatic imine (C=N–C) groups is 1. The van der Waals surface area contributed by atoms with E-state index >= 15 is 0 Å². The average molecular weight is 443 g/mol. The maximum atomic E-state index is 11.8. The van der Waals surface area contributed by atoms with Crippen molar-refractivity contribution in [3.63, 3.8) is 0 Å². The molecule has 0 atom stereocenters. The van der Waals surface area contributed by atoms with E-state index in [4.69, 9.17) is 4.52 Å². The Labute approximate surface area is 158 Å². The highest BCUT2D eigenvalue weighted by Crippen LogP contribution is 2.06. The number of aromatic nitrogens is 1. The molecular weight excluding hydrogens is 421 g/mol. The van der Waals surface area contributed by atoms with E-state index in [9.17, 15) is 4.79 Å². The Bertz CT molecular complexity index is 654. The Morgan fingerprint density at radius 3 is 2.38 bits per heavy atom. The molecule has 0 spiro atoms. The SMILES string of the molecule is CN=C(NCc1ccc(C(=O)N(C)C)cc1)NCc1ccon1.I. The summed E-state index contributed by atoms with van der Waals surface area (Å²) in [7, 11) is 5.18. The molecule has 2 aromatic rings. The third-order valence-corrected chi connectivity index (χ3v) is 3.22. The first-order chi connectivity index (χ1) is 11.1. The van der Waals surface area contributed by atoms with Crippen LogP contribution in [-0.2, 0) is 13.1 Å². The molecule has 0 unspecified atom stereocenters. The molecule has 0 fully saturated rings. The molecular formula is C16H22IN5O2. The maximum Gasteiger partial charge on any atom is 0.253 e. The number of nitrogens with one attached hydrogen (secondary N) is 2. The highest BCUT2D eigenvalue weighted by atomic mass is 127. The zero-order valence-corrected chi connectivity index (χ0v) is 16.3. The van der Waals surface area contributed by atoms with E-state index in [1.165, 1.54) is 6.26 Å². The van der Waals surface area contributed by atoms with Crippen molar-refractivity contribution in [1.29, 1.82) is 0 Å². The van der Waals surface area contributed by atoms with Gasteiger partial charge in [-0.1, -0.05) is 17.3 Å². The Hall–Kier alpha value is -2.10. The molecule has 0 saturated heterocycles. The van der Waals surface area contributed by atoms with E-state index in [0.717, 1.165) is 11.3 Å². The Morgan fingerprint density at radius 2 is 1.83 bits per heavy atom. The molecule has 0 aliphatic heterocycles. The van der Waals surface area contributed by atoms with Gasteiger partial charge in [-0.15, -0.1) is 24.0 Å². The van der Waals surface area contributed by atoms with Crippen LogP contribution in [-0.4, -0.2) is 43.1 Å². The highest BCUT2D eigenvalue weighted by molar-refractivity contribution is 14.0. The summed E-state index contributed by atoms with van der Waals surface area (Å²) in [6.45, 7) is 1.14. The van der Waals surface area contributed by atoms with Gasteiger partial charge in [-0.05, 0) is 17.7 Å². The number of carbonyl (C=O) groups excluding carboxylic acids is 1. The number of hydrogen-bond acceptors (Lipinski definition) is 4. The van der Waals surface area contributed by atoms with E-state index in [2.05, 4.69) is 20.8 Å². The number of hydrogen-bond donors (Lipinski definition) is 2. The fourth-order valence-corrected chi connectivity index (χ4v) is 1.93. The first-order valence-electron chi connectivity index (χ1n) is 7.24. The van der Waals surface area contributed by atoms with Gasteiger partial charge in [-0.25, -0.2) is 0 Å². The second-order valence-corrected chi connectivity index (χ2v) is 5.17. The van der Waals surface area contributed by atoms with Gasteiger partial charge in [-0.2, -0.15) is 0 Å². The van der Waals surface area contributed by atoms with E-state index in [1.807, 2.05) is 24.3 Å². The van der Waals surface area contributed by atoms with Gasteiger partial charge >= 0.3 is 0 Å². The Kier molecular flexibility index (Phi) is 8.24. The molecule has 0 aliphatic carbocycles. The van der Waals surface area contributed by atoms with Gasteiger partial charge in [0.15, 0.2) is 5.96 Å². The van der Waals surface area contributed by atoms with Crippen molar-refractivity contribution in [2.45, 2.75) is 13.1 Å². The van der Waals surface area contributed by atoms with Gasteiger partial charge in [0, 0.05) is 39.3 Å². The number of halogens is 1. The first kappa shape index (κ1) is 19.9. The Balaban J connectivity index is 0.00000288. The van der Waals surface area contributed by atoms with Gasteiger partial charge in [-0.3, -0.25) is 9.79 Å². The fourth-order valence-electron chi connectivity index (χ4n) is 1.93. The summed E-state index contributed by atoms with van der Waals surface area (Å²) in [5.74, 6) is 0.663. The third kappa shape index (κ3) is 5.84. The molecule has 7 nitrogen and oxygen atoms in total. The summed E-state index contributed by atoms with van der Waals surface area (Å²) in [6, 6.07) is 9.29. The van der Waals surface area contributed by atoms with Crippen LogP contribution in [0.4, 0.5) is 0 Å². The lowest BCUT2D eigenvalue weighted by Crippen LogP contribution is -2.36. The number of rotatable bonds is 5. The van der Waals surface area contributed by atoms with Crippen LogP contribution in [0.25, 0.3) is 0 Å². The number of carbonyl (C=O) groups is 1. The maximum absolute atomic E-state index is 11.8. The van der Waals surface area contributed by atoms with Crippen LogP contribution in [0.5, 0.6) is 0 Å². The number of amides is 1. The van der Waals surface area contributed by atoms with Crippen LogP contribution in [0.15, 0.2) is 46.1 Å². The van der Waals surface area contributed by atoms with Gasteiger partial charge < -0.3 is 20.1 Å². The van der Waals surface area contributed by atoms with Crippen LogP contribution in [0.3, 0.4) is 0 Å². The van der Waals surface area contributed by atoms with Gasteiger partial charge in [0.2, 0.25) is 0 Å². The van der Waals surface area contributed by atoms with Crippen LogP contribution < -0.4 is 10.6 Å². The largest absolute Gasteiger partial charge is 0.364 e. The van der Waals surface area contributed by atoms with Crippen molar-refractivity contribution in [3.05, 3.63) is 53.4 Å². The molecule has 24 heavy (non-hydrogen) atoms. The van der Waals surface area contributed by atoms with Crippen molar-refractivity contribution < 1.29 is 9.32 Å². The summed E-state index contributed by atoms with van der Waals surface area (Å²) >= 11 is 0. The van der Waals surface area contributed by atoms with Gasteiger partial charge in [0.1, 0.15) is 12.0 Å². The van der Waals surface area contributed by atoms with E-state index in [0.29, 0.717) is 24.6 Å². The van der Waals surface area contributed by atoms with E-state index < -0.39 is 0 Å². The summed E-state index contributed by atoms with van der Waals surface area (Å²) in [5, 5.41) is 10.2. The van der Waals surface area contributed by atoms with Crippen LogP contribution in [0.2, 0.25) is 0 Å². The molecule has 0 bridgehead atoms. The minimum Gasteiger partial charge on any atom is -0.364 e. The summed E-state index contributed by atoms with van der Waals surface area (Å²) in [6.07, 6.45) is 1.53. The highest BCUT2D eigenvalue weighted by Gasteiger charge is 2.07. The van der Waals surface area contributed by atoms with Crippen molar-refractivity contribution in [3.8, 4) is 0 Å². The molecule has 2 rings (SSSR count). The normalized spacial score (nSPS) is 10.7. The van der Waals surface area contributed by atoms with E-state index in [1.54, 1.807) is 32.1 Å². The molecule has 8 heteroatoms. The molecule has 1 aromatic carbocycles. The lowest BCUT2D eigenvalue weighted by atomic mass is 10.1. The molecule has 0 saturated carbocycles. The summed E-state index contributed by atoms with van der Waals surface area (Å²) in [5.41, 5.74) is 2.54. The standard InChI is InChI=1S/C16H21N5O2.HI/c1-17-16(19-11-14-8-9-23-20-14)18-10-12-4-6-13(7-5-12)15(22)21(2)3;/h4-9H,10-11H2,1-3H3,(H2,17,18,19);1H. The van der Waals surface area contributed by atoms with Crippen molar-refractivity contribution in [2.24, 2.45) is 4.99 Å². The number of guanidine groups is 1. The van der Waals surface area contributed by atoms with Crippen LogP contribution in [0.1, 0.15) is 21.6 Å². The Morgan fingerprint density at radius 1 is 1.17 bits per heavy atom. The monoisotopic (exact) mass is 443 g/mol. The lowest BCUT2D eigenvalue weighted by Gasteiger charge is -2.12. The molecule has 1 heterocycles. The molecule has 0 aliphatic rings. The predicted octanol–water partition coefficient (Wildman–Crippen LogP) is 1.86. The topological polar surface area (TPSA) is 82.8 Å². The van der Waals surface area contributed by atoms with E-state index in [-0.39, 0.29) is 29.9 Å².